The molecule has 1 aliphatic rings. The number of hydrogen-bond donors (Lipinski definition) is 1. The minimum absolute atomic E-state index is 0. The zero-order valence-electron chi connectivity index (χ0n) is 16.6. The topological polar surface area (TPSA) is 127 Å². The number of carboxylic acid groups (broad SMARTS) is 1. The van der Waals surface area contributed by atoms with Crippen LogP contribution < -0.4 is 17.0 Å². The molecule has 0 bridgehead atoms. The van der Waals surface area contributed by atoms with Gasteiger partial charge < -0.3 is 22.1 Å². The van der Waals surface area contributed by atoms with Gasteiger partial charge in [-0.3, -0.25) is 25.0 Å². The molecule has 0 aliphatic carbocycles. The van der Waals surface area contributed by atoms with Gasteiger partial charge >= 0.3 is 5.97 Å². The fraction of sp³-hybridized carbons (Fsp3) is 0.300. The Morgan fingerprint density at radius 2 is 1.60 bits per heavy atom. The molecule has 1 aliphatic heterocycles. The van der Waals surface area contributed by atoms with Crippen LogP contribution in [-0.2, 0) is 23.2 Å². The van der Waals surface area contributed by atoms with Crippen LogP contribution in [0.4, 0.5) is 17.1 Å². The number of rotatable bonds is 6. The van der Waals surface area contributed by atoms with Crippen molar-refractivity contribution < 1.29 is 41.3 Å². The van der Waals surface area contributed by atoms with Gasteiger partial charge in [0.25, 0.3) is 11.4 Å². The van der Waals surface area contributed by atoms with Gasteiger partial charge in [-0.05, 0) is 25.5 Å². The van der Waals surface area contributed by atoms with Crippen LogP contribution in [0.15, 0.2) is 36.4 Å². The molecule has 0 amide bonds. The molecule has 158 valence electrons. The van der Waals surface area contributed by atoms with E-state index in [4.69, 9.17) is 5.11 Å². The summed E-state index contributed by atoms with van der Waals surface area (Å²) in [6.07, 6.45) is -0.0838. The van der Waals surface area contributed by atoms with Crippen molar-refractivity contribution in [3.8, 4) is 0 Å². The van der Waals surface area contributed by atoms with Crippen molar-refractivity contribution in [3.05, 3.63) is 73.3 Å². The van der Waals surface area contributed by atoms with E-state index in [1.54, 1.807) is 6.07 Å². The van der Waals surface area contributed by atoms with Gasteiger partial charge in [0.05, 0.1) is 27.7 Å². The predicted molar refractivity (Wildman–Crippen MR) is 105 cm³/mol. The zero-order valence-corrected chi connectivity index (χ0v) is 18.2. The maximum atomic E-state index is 11.2. The lowest BCUT2D eigenvalue weighted by Gasteiger charge is -2.15. The first-order valence-electron chi connectivity index (χ1n) is 8.90. The molecular weight excluding hydrogens is 458 g/mol. The van der Waals surface area contributed by atoms with Crippen LogP contribution >= 0.6 is 0 Å². The summed E-state index contributed by atoms with van der Waals surface area (Å²) in [5.41, 5.74) is 2.87. The lowest BCUT2D eigenvalue weighted by Crippen LogP contribution is -3.00. The van der Waals surface area contributed by atoms with Crippen molar-refractivity contribution >= 4 is 28.7 Å². The standard InChI is InChI=1S/C20H19N3O6.BrH/c1-12-20(2,3)17-8-13(9-19(24)25)4-5-18(17)21(12)11-14-6-15(22(26)27)10-16(7-14)23(28)29;/h4-8,10H,9,11H2,1-3H3;1H. The van der Waals surface area contributed by atoms with Gasteiger partial charge in [-0.25, -0.2) is 0 Å². The minimum Gasteiger partial charge on any atom is -1.00 e. The normalized spacial score (nSPS) is 14.1. The lowest BCUT2D eigenvalue weighted by atomic mass is 9.81. The Morgan fingerprint density at radius 1 is 1.03 bits per heavy atom. The van der Waals surface area contributed by atoms with Crippen molar-refractivity contribution in [2.45, 2.75) is 39.2 Å². The number of nitro groups is 2. The Labute approximate surface area is 182 Å². The van der Waals surface area contributed by atoms with E-state index in [-0.39, 0.29) is 46.7 Å². The number of nitrogens with zero attached hydrogens (tertiary/aromatic N) is 3. The van der Waals surface area contributed by atoms with Crippen molar-refractivity contribution in [1.29, 1.82) is 0 Å². The summed E-state index contributed by atoms with van der Waals surface area (Å²) < 4.78 is 1.96. The second-order valence-corrected chi connectivity index (χ2v) is 7.59. The third-order valence-electron chi connectivity index (χ3n) is 5.41. The highest BCUT2D eigenvalue weighted by Crippen LogP contribution is 2.41. The Kier molecular flexibility index (Phi) is 6.41. The molecule has 2 aromatic carbocycles. The number of nitro benzene ring substituents is 2. The molecule has 0 saturated carbocycles. The number of fused-ring (bicyclic) bond motifs is 1. The summed E-state index contributed by atoms with van der Waals surface area (Å²) in [7, 11) is 0. The number of benzene rings is 2. The second-order valence-electron chi connectivity index (χ2n) is 7.59. The fourth-order valence-electron chi connectivity index (χ4n) is 3.66. The average Bonchev–Trinajstić information content (AvgIpc) is 2.81. The van der Waals surface area contributed by atoms with Crippen molar-refractivity contribution in [1.82, 2.24) is 0 Å². The molecule has 10 heteroatoms. The van der Waals surface area contributed by atoms with E-state index < -0.39 is 15.8 Å². The molecule has 0 saturated heterocycles. The molecule has 9 nitrogen and oxygen atoms in total. The van der Waals surface area contributed by atoms with Gasteiger partial charge in [-0.1, -0.05) is 6.07 Å². The molecule has 0 spiro atoms. The van der Waals surface area contributed by atoms with Crippen LogP contribution in [0, 0.1) is 20.2 Å². The third-order valence-corrected chi connectivity index (χ3v) is 5.41. The van der Waals surface area contributed by atoms with Crippen LogP contribution in [-0.4, -0.2) is 31.2 Å². The Balaban J connectivity index is 0.00000320. The van der Waals surface area contributed by atoms with Gasteiger partial charge in [0.2, 0.25) is 5.69 Å². The highest BCUT2D eigenvalue weighted by Gasteiger charge is 2.43. The van der Waals surface area contributed by atoms with Gasteiger partial charge in [-0.15, -0.1) is 0 Å². The minimum atomic E-state index is -0.915. The monoisotopic (exact) mass is 477 g/mol. The summed E-state index contributed by atoms with van der Waals surface area (Å²) in [4.78, 5) is 32.1. The van der Waals surface area contributed by atoms with Crippen molar-refractivity contribution in [2.24, 2.45) is 0 Å². The van der Waals surface area contributed by atoms with E-state index in [0.29, 0.717) is 11.1 Å². The quantitative estimate of drug-likeness (QED) is 0.371. The Morgan fingerprint density at radius 3 is 2.10 bits per heavy atom. The van der Waals surface area contributed by atoms with Gasteiger partial charge in [0, 0.05) is 36.2 Å². The summed E-state index contributed by atoms with van der Waals surface area (Å²) in [6, 6.07) is 9.05. The van der Waals surface area contributed by atoms with Gasteiger partial charge in [0.15, 0.2) is 12.3 Å². The number of halogens is 1. The van der Waals surface area contributed by atoms with E-state index in [1.165, 1.54) is 12.1 Å². The molecule has 0 aromatic heterocycles. The summed E-state index contributed by atoms with van der Waals surface area (Å²) >= 11 is 0. The smallest absolute Gasteiger partial charge is 0.307 e. The number of aliphatic carboxylic acids is 1. The van der Waals surface area contributed by atoms with E-state index in [0.717, 1.165) is 23.0 Å². The summed E-state index contributed by atoms with van der Waals surface area (Å²) in [5, 5.41) is 31.4. The molecular formula is C20H20BrN3O6. The van der Waals surface area contributed by atoms with Crippen LogP contribution in [0.2, 0.25) is 0 Å². The first-order valence-corrected chi connectivity index (χ1v) is 8.90. The van der Waals surface area contributed by atoms with Crippen LogP contribution in [0.5, 0.6) is 0 Å². The predicted octanol–water partition coefficient (Wildman–Crippen LogP) is 0.730. The summed E-state index contributed by atoms with van der Waals surface area (Å²) in [6.45, 7) is 6.19. The number of non-ortho nitro benzene ring substituents is 2. The lowest BCUT2D eigenvalue weighted by molar-refractivity contribution is -0.456. The van der Waals surface area contributed by atoms with E-state index in [2.05, 4.69) is 0 Å². The van der Waals surface area contributed by atoms with E-state index >= 15 is 0 Å². The second kappa shape index (κ2) is 8.31. The molecule has 1 heterocycles. The van der Waals surface area contributed by atoms with E-state index in [1.807, 2.05) is 37.5 Å². The zero-order chi connectivity index (χ0) is 21.5. The molecule has 30 heavy (non-hydrogen) atoms. The van der Waals surface area contributed by atoms with Crippen molar-refractivity contribution in [2.75, 3.05) is 0 Å². The van der Waals surface area contributed by atoms with E-state index in [9.17, 15) is 25.0 Å². The SMILES string of the molecule is CC1=[N+](Cc2cc([N+](=O)[O-])cc([N+](=O)[O-])c2)c2ccc(CC(=O)O)cc2C1(C)C.[Br-]. The highest BCUT2D eigenvalue weighted by molar-refractivity contribution is 5.93. The Bertz CT molecular complexity index is 1060. The first kappa shape index (κ1) is 23.1. The molecule has 0 unspecified atom stereocenters. The van der Waals surface area contributed by atoms with Gasteiger partial charge in [-0.2, -0.15) is 4.58 Å². The number of carbonyl (C=O) groups is 1. The third kappa shape index (κ3) is 4.23. The van der Waals surface area contributed by atoms with Crippen LogP contribution in [0.3, 0.4) is 0 Å². The maximum absolute atomic E-state index is 11.2. The highest BCUT2D eigenvalue weighted by atomic mass is 79.9. The maximum Gasteiger partial charge on any atom is 0.307 e. The first-order chi connectivity index (χ1) is 13.5. The van der Waals surface area contributed by atoms with Crippen molar-refractivity contribution in [3.63, 3.8) is 0 Å². The molecule has 3 rings (SSSR count). The van der Waals surface area contributed by atoms with Crippen LogP contribution in [0.25, 0.3) is 0 Å². The van der Waals surface area contributed by atoms with Gasteiger partial charge in [0.1, 0.15) is 0 Å². The number of carboxylic acids is 1. The van der Waals surface area contributed by atoms with Crippen LogP contribution in [0.1, 0.15) is 37.5 Å². The molecule has 0 fully saturated rings. The molecule has 0 radical (unpaired) electrons. The number of hydrogen-bond acceptors (Lipinski definition) is 5. The molecule has 0 atom stereocenters. The average molecular weight is 478 g/mol. The Hall–Kier alpha value is -3.14. The summed E-state index contributed by atoms with van der Waals surface area (Å²) in [5.74, 6) is -0.915. The molecule has 1 N–H and O–H groups in total. The largest absolute Gasteiger partial charge is 1.00 e. The fourth-order valence-corrected chi connectivity index (χ4v) is 3.66. The molecule has 2 aromatic rings.